The third-order valence-corrected chi connectivity index (χ3v) is 7.71. The van der Waals surface area contributed by atoms with Crippen molar-refractivity contribution < 1.29 is 22.7 Å². The van der Waals surface area contributed by atoms with Gasteiger partial charge in [-0.25, -0.2) is 13.2 Å². The van der Waals surface area contributed by atoms with E-state index in [0.29, 0.717) is 15.6 Å². The van der Waals surface area contributed by atoms with E-state index in [4.69, 9.17) is 10.1 Å². The number of aryl methyl sites for hydroxylation is 1. The Morgan fingerprint density at radius 1 is 1.21 bits per heavy atom. The average Bonchev–Trinajstić information content (AvgIpc) is 3.18. The molecule has 9 nitrogen and oxygen atoms in total. The number of benzene rings is 2. The van der Waals surface area contributed by atoms with Gasteiger partial charge in [0.25, 0.3) is 5.91 Å². The Morgan fingerprint density at radius 3 is 2.55 bits per heavy atom. The molecule has 0 atom stereocenters. The number of rotatable bonds is 3. The van der Waals surface area contributed by atoms with Gasteiger partial charge in [0.15, 0.2) is 5.84 Å². The van der Waals surface area contributed by atoms with Crippen molar-refractivity contribution in [3.05, 3.63) is 69.2 Å². The topological polar surface area (TPSA) is 129 Å². The lowest BCUT2D eigenvalue weighted by Crippen LogP contribution is -2.35. The second-order valence-electron chi connectivity index (χ2n) is 7.10. The predicted octanol–water partition coefficient (Wildman–Crippen LogP) is 3.60. The summed E-state index contributed by atoms with van der Waals surface area (Å²) in [6.07, 6.45) is 2.42. The summed E-state index contributed by atoms with van der Waals surface area (Å²) in [5.74, 6) is -1.21. The first kappa shape index (κ1) is 23.1. The molecule has 0 radical (unpaired) electrons. The molecular weight excluding hydrogens is 532 g/mol. The van der Waals surface area contributed by atoms with Crippen LogP contribution in [0.2, 0.25) is 0 Å². The zero-order valence-electron chi connectivity index (χ0n) is 17.2. The van der Waals surface area contributed by atoms with Crippen molar-refractivity contribution in [3.63, 3.8) is 0 Å². The largest absolute Gasteiger partial charge is 0.422 e. The molecule has 0 bridgehead atoms. The molecule has 4 rings (SSSR count). The van der Waals surface area contributed by atoms with E-state index < -0.39 is 21.7 Å². The van der Waals surface area contributed by atoms with Crippen LogP contribution in [0.1, 0.15) is 21.5 Å². The van der Waals surface area contributed by atoms with Crippen LogP contribution >= 0.6 is 27.7 Å². The summed E-state index contributed by atoms with van der Waals surface area (Å²) in [6, 6.07) is 11.8. The molecule has 0 aromatic heterocycles. The van der Waals surface area contributed by atoms with E-state index in [2.05, 4.69) is 26.0 Å². The van der Waals surface area contributed by atoms with Gasteiger partial charge < -0.3 is 4.74 Å². The summed E-state index contributed by atoms with van der Waals surface area (Å²) in [4.78, 5) is 28.7. The van der Waals surface area contributed by atoms with Gasteiger partial charge in [-0.2, -0.15) is 10.0 Å². The molecule has 1 amide bonds. The lowest BCUT2D eigenvalue weighted by Gasteiger charge is -2.20. The first-order chi connectivity index (χ1) is 15.5. The molecule has 33 heavy (non-hydrogen) atoms. The van der Waals surface area contributed by atoms with Crippen molar-refractivity contribution in [2.75, 3.05) is 6.26 Å². The van der Waals surface area contributed by atoms with Crippen molar-refractivity contribution >= 4 is 70.9 Å². The molecule has 2 aliphatic heterocycles. The average molecular weight is 547 g/mol. The number of esters is 1. The molecule has 2 aromatic rings. The summed E-state index contributed by atoms with van der Waals surface area (Å²) >= 11 is 4.07. The van der Waals surface area contributed by atoms with E-state index in [1.807, 2.05) is 19.1 Å². The smallest absolute Gasteiger partial charge is 0.343 e. The fourth-order valence-corrected chi connectivity index (χ4v) is 4.99. The summed E-state index contributed by atoms with van der Waals surface area (Å²) in [5.41, 5.74) is 1.90. The summed E-state index contributed by atoms with van der Waals surface area (Å²) < 4.78 is 29.2. The Balaban J connectivity index is 1.57. The van der Waals surface area contributed by atoms with Gasteiger partial charge in [-0.15, -0.1) is 5.10 Å². The van der Waals surface area contributed by atoms with Crippen LogP contribution in [-0.2, 0) is 14.6 Å². The highest BCUT2D eigenvalue weighted by Gasteiger charge is 2.38. The van der Waals surface area contributed by atoms with E-state index in [-0.39, 0.29) is 26.7 Å². The fraction of sp³-hybridized carbons (Fsp3) is 0.0952. The zero-order valence-corrected chi connectivity index (χ0v) is 20.4. The summed E-state index contributed by atoms with van der Waals surface area (Å²) in [6.45, 7) is 1.92. The monoisotopic (exact) mass is 546 g/mol. The normalized spacial score (nSPS) is 17.1. The lowest BCUT2D eigenvalue weighted by molar-refractivity contribution is -0.114. The number of halogens is 1. The first-order valence-electron chi connectivity index (χ1n) is 9.31. The minimum atomic E-state index is -3.61. The van der Waals surface area contributed by atoms with Crippen molar-refractivity contribution in [2.45, 2.75) is 6.92 Å². The maximum Gasteiger partial charge on any atom is 0.343 e. The SMILES string of the molecule is Cc1ccc(C(=O)Oc2ccc(/C=C3\C(=N)N4N=C(S(C)(=O)=O)SC4=NC3=O)cc2Br)cc1. The number of carbonyl (C=O) groups is 2. The molecule has 0 fully saturated rings. The van der Waals surface area contributed by atoms with Crippen LogP contribution in [0.3, 0.4) is 0 Å². The second kappa shape index (κ2) is 8.69. The Morgan fingerprint density at radius 2 is 1.91 bits per heavy atom. The number of fused-ring (bicyclic) bond motifs is 1. The zero-order chi connectivity index (χ0) is 23.9. The maximum absolute atomic E-state index is 12.5. The number of thioether (sulfide) groups is 1. The van der Waals surface area contributed by atoms with Gasteiger partial charge in [-0.3, -0.25) is 10.2 Å². The lowest BCUT2D eigenvalue weighted by atomic mass is 10.1. The molecule has 2 heterocycles. The van der Waals surface area contributed by atoms with Gasteiger partial charge in [-0.05, 0) is 70.5 Å². The van der Waals surface area contributed by atoms with E-state index in [0.717, 1.165) is 28.6 Å². The van der Waals surface area contributed by atoms with Gasteiger partial charge in [0.1, 0.15) is 5.75 Å². The number of nitrogens with zero attached hydrogens (tertiary/aromatic N) is 3. The standard InChI is InChI=1S/C21H15BrN4O5S2/c1-11-3-6-13(7-4-11)19(28)31-16-8-5-12(10-15(16)22)9-14-17(23)26-20(24-18(14)27)32-21(25-26)33(2,29)30/h3-10,23H,1-2H3/b14-9+,23-17?. The molecule has 2 aromatic carbocycles. The number of aliphatic imine (C=N–C) groups is 1. The Bertz CT molecular complexity index is 1410. The van der Waals surface area contributed by atoms with Crippen LogP contribution < -0.4 is 4.74 Å². The van der Waals surface area contributed by atoms with Crippen molar-refractivity contribution in [2.24, 2.45) is 10.1 Å². The molecule has 2 aliphatic rings. The van der Waals surface area contributed by atoms with Crippen LogP contribution in [-0.4, -0.2) is 46.9 Å². The van der Waals surface area contributed by atoms with E-state index in [9.17, 15) is 18.0 Å². The molecule has 0 saturated carbocycles. The minimum Gasteiger partial charge on any atom is -0.422 e. The number of ether oxygens (including phenoxy) is 1. The van der Waals surface area contributed by atoms with Gasteiger partial charge >= 0.3 is 5.97 Å². The predicted molar refractivity (Wildman–Crippen MR) is 130 cm³/mol. The highest BCUT2D eigenvalue weighted by Crippen LogP contribution is 2.31. The number of amides is 1. The quantitative estimate of drug-likeness (QED) is 0.353. The third-order valence-electron chi connectivity index (χ3n) is 4.51. The van der Waals surface area contributed by atoms with E-state index in [1.165, 1.54) is 6.08 Å². The van der Waals surface area contributed by atoms with Gasteiger partial charge in [0.05, 0.1) is 15.6 Å². The highest BCUT2D eigenvalue weighted by atomic mass is 79.9. The van der Waals surface area contributed by atoms with Crippen molar-refractivity contribution in [1.82, 2.24) is 5.01 Å². The molecule has 0 spiro atoms. The number of hydrogen-bond donors (Lipinski definition) is 1. The summed E-state index contributed by atoms with van der Waals surface area (Å²) in [7, 11) is -3.61. The number of hydrogen-bond acceptors (Lipinski definition) is 8. The molecule has 168 valence electrons. The maximum atomic E-state index is 12.5. The van der Waals surface area contributed by atoms with Gasteiger partial charge in [0, 0.05) is 6.26 Å². The number of sulfone groups is 1. The molecular formula is C21H15BrN4O5S2. The van der Waals surface area contributed by atoms with Gasteiger partial charge in [-0.1, -0.05) is 23.8 Å². The first-order valence-corrected chi connectivity index (χ1v) is 12.8. The number of carbonyl (C=O) groups excluding carboxylic acids is 2. The second-order valence-corrected chi connectivity index (χ2v) is 11.1. The fourth-order valence-electron chi connectivity index (χ4n) is 2.83. The number of amidine groups is 2. The number of nitrogens with one attached hydrogen (secondary N) is 1. The molecule has 12 heteroatoms. The van der Waals surface area contributed by atoms with Crippen LogP contribution in [0.15, 0.2) is 62.6 Å². The van der Waals surface area contributed by atoms with Gasteiger partial charge in [0.2, 0.25) is 19.4 Å². The van der Waals surface area contributed by atoms with Crippen LogP contribution in [0.25, 0.3) is 6.08 Å². The molecule has 0 aliphatic carbocycles. The van der Waals surface area contributed by atoms with E-state index in [1.54, 1.807) is 30.3 Å². The molecule has 0 saturated heterocycles. The van der Waals surface area contributed by atoms with Crippen LogP contribution in [0, 0.1) is 12.3 Å². The number of hydrazone groups is 1. The molecule has 0 unspecified atom stereocenters. The Hall–Kier alpha value is -3.09. The van der Waals surface area contributed by atoms with Crippen LogP contribution in [0.4, 0.5) is 0 Å². The minimum absolute atomic E-state index is 0.0159. The third kappa shape index (κ3) is 4.82. The highest BCUT2D eigenvalue weighted by molar-refractivity contribution is 9.10. The Kier molecular flexibility index (Phi) is 6.08. The van der Waals surface area contributed by atoms with Crippen LogP contribution in [0.5, 0.6) is 5.75 Å². The van der Waals surface area contributed by atoms with Crippen molar-refractivity contribution in [1.29, 1.82) is 5.41 Å². The van der Waals surface area contributed by atoms with E-state index >= 15 is 0 Å². The van der Waals surface area contributed by atoms with Crippen molar-refractivity contribution in [3.8, 4) is 5.75 Å². The molecule has 1 N–H and O–H groups in total. The Labute approximate surface area is 201 Å². The summed E-state index contributed by atoms with van der Waals surface area (Å²) in [5, 5.41) is 13.2.